The van der Waals surface area contributed by atoms with E-state index in [1.165, 1.54) is 49.0 Å². The molecule has 2 heterocycles. The van der Waals surface area contributed by atoms with Gasteiger partial charge >= 0.3 is 6.09 Å². The van der Waals surface area contributed by atoms with E-state index >= 15 is 0 Å². The number of rotatable bonds is 5. The van der Waals surface area contributed by atoms with E-state index < -0.39 is 5.60 Å². The SMILES string of the molecule is COc1ccc(C2CCCCC2)cc1-c1csc(NC(=O)C2CCN(C(=O)OC(C)(C)C)C2)n1. The highest BCUT2D eigenvalue weighted by Gasteiger charge is 2.33. The van der Waals surface area contributed by atoms with E-state index in [9.17, 15) is 9.59 Å². The quantitative estimate of drug-likeness (QED) is 0.557. The number of thiazole rings is 1. The van der Waals surface area contributed by atoms with Crippen molar-refractivity contribution in [1.29, 1.82) is 0 Å². The summed E-state index contributed by atoms with van der Waals surface area (Å²) in [6.45, 7) is 6.39. The van der Waals surface area contributed by atoms with Crippen LogP contribution in [0.3, 0.4) is 0 Å². The molecular weight excluding hydrogens is 450 g/mol. The third-order valence-electron chi connectivity index (χ3n) is 6.52. The van der Waals surface area contributed by atoms with Crippen LogP contribution >= 0.6 is 11.3 Å². The number of methoxy groups -OCH3 is 1. The zero-order valence-corrected chi connectivity index (χ0v) is 21.4. The molecule has 1 N–H and O–H groups in total. The molecule has 2 fully saturated rings. The Kier molecular flexibility index (Phi) is 7.45. The van der Waals surface area contributed by atoms with Crippen molar-refractivity contribution in [3.63, 3.8) is 0 Å². The first-order valence-corrected chi connectivity index (χ1v) is 13.0. The molecule has 1 unspecified atom stereocenters. The van der Waals surface area contributed by atoms with Gasteiger partial charge in [0, 0.05) is 24.0 Å². The van der Waals surface area contributed by atoms with Crippen molar-refractivity contribution >= 4 is 28.5 Å². The summed E-state index contributed by atoms with van der Waals surface area (Å²) in [6.07, 6.45) is 6.59. The number of carbonyl (C=O) groups is 2. The van der Waals surface area contributed by atoms with Gasteiger partial charge in [-0.2, -0.15) is 0 Å². The molecule has 1 aliphatic heterocycles. The molecule has 0 spiro atoms. The number of hydrogen-bond donors (Lipinski definition) is 1. The number of nitrogens with zero attached hydrogens (tertiary/aromatic N) is 2. The van der Waals surface area contributed by atoms with Crippen LogP contribution in [0.4, 0.5) is 9.93 Å². The van der Waals surface area contributed by atoms with Gasteiger partial charge in [-0.15, -0.1) is 11.3 Å². The smallest absolute Gasteiger partial charge is 0.410 e. The summed E-state index contributed by atoms with van der Waals surface area (Å²) in [5.74, 6) is 0.983. The van der Waals surface area contributed by atoms with Crippen LogP contribution in [0.15, 0.2) is 23.6 Å². The van der Waals surface area contributed by atoms with Gasteiger partial charge in [0.2, 0.25) is 5.91 Å². The van der Waals surface area contributed by atoms with Crippen LogP contribution in [0.5, 0.6) is 5.75 Å². The number of aromatic nitrogens is 1. The number of likely N-dealkylation sites (tertiary alicyclic amines) is 1. The Bertz CT molecular complexity index is 1020. The highest BCUT2D eigenvalue weighted by molar-refractivity contribution is 7.14. The van der Waals surface area contributed by atoms with Crippen molar-refractivity contribution in [3.8, 4) is 17.0 Å². The second-order valence-electron chi connectivity index (χ2n) is 10.2. The second kappa shape index (κ2) is 10.3. The highest BCUT2D eigenvalue weighted by Crippen LogP contribution is 2.38. The number of ether oxygens (including phenoxy) is 2. The largest absolute Gasteiger partial charge is 0.496 e. The van der Waals surface area contributed by atoms with E-state index in [0.717, 1.165) is 17.0 Å². The maximum Gasteiger partial charge on any atom is 0.410 e. The standard InChI is InChI=1S/C26H35N3O4S/c1-26(2,3)33-25(31)29-13-12-19(15-29)23(30)28-24-27-21(16-34-24)20-14-18(10-11-22(20)32-4)17-8-6-5-7-9-17/h10-11,14,16-17,19H,5-9,12-13,15H2,1-4H3,(H,27,28,30). The molecule has 0 radical (unpaired) electrons. The molecule has 2 aliphatic rings. The molecule has 184 valence electrons. The van der Waals surface area contributed by atoms with E-state index in [0.29, 0.717) is 30.6 Å². The lowest BCUT2D eigenvalue weighted by Crippen LogP contribution is -2.36. The van der Waals surface area contributed by atoms with Crippen LogP contribution in [-0.4, -0.2) is 47.7 Å². The van der Waals surface area contributed by atoms with E-state index in [1.807, 2.05) is 32.2 Å². The van der Waals surface area contributed by atoms with Crippen molar-refractivity contribution in [2.75, 3.05) is 25.5 Å². The van der Waals surface area contributed by atoms with Gasteiger partial charge in [-0.25, -0.2) is 9.78 Å². The van der Waals surface area contributed by atoms with E-state index in [2.05, 4.69) is 17.4 Å². The van der Waals surface area contributed by atoms with Crippen LogP contribution < -0.4 is 10.1 Å². The zero-order valence-electron chi connectivity index (χ0n) is 20.6. The first-order valence-electron chi connectivity index (χ1n) is 12.2. The Morgan fingerprint density at radius 1 is 1.15 bits per heavy atom. The van der Waals surface area contributed by atoms with Crippen LogP contribution in [0.25, 0.3) is 11.3 Å². The number of benzene rings is 1. The summed E-state index contributed by atoms with van der Waals surface area (Å²) in [4.78, 5) is 31.4. The monoisotopic (exact) mass is 485 g/mol. The molecule has 1 saturated carbocycles. The minimum absolute atomic E-state index is 0.116. The normalized spacial score (nSPS) is 19.2. The van der Waals surface area contributed by atoms with Crippen molar-refractivity contribution in [1.82, 2.24) is 9.88 Å². The Labute approximate surface area is 205 Å². The Hall–Kier alpha value is -2.61. The van der Waals surface area contributed by atoms with Crippen molar-refractivity contribution < 1.29 is 19.1 Å². The number of hydrogen-bond acceptors (Lipinski definition) is 6. The lowest BCUT2D eigenvalue weighted by molar-refractivity contribution is -0.119. The van der Waals surface area contributed by atoms with Gasteiger partial charge in [-0.3, -0.25) is 4.79 Å². The van der Waals surface area contributed by atoms with Crippen LogP contribution in [0.2, 0.25) is 0 Å². The molecule has 34 heavy (non-hydrogen) atoms. The van der Waals surface area contributed by atoms with E-state index in [-0.39, 0.29) is 17.9 Å². The Morgan fingerprint density at radius 3 is 2.62 bits per heavy atom. The highest BCUT2D eigenvalue weighted by atomic mass is 32.1. The zero-order chi connectivity index (χ0) is 24.3. The van der Waals surface area contributed by atoms with Gasteiger partial charge in [0.05, 0.1) is 18.7 Å². The lowest BCUT2D eigenvalue weighted by atomic mass is 9.83. The van der Waals surface area contributed by atoms with Gasteiger partial charge < -0.3 is 19.7 Å². The summed E-state index contributed by atoms with van der Waals surface area (Å²) in [6, 6.07) is 6.40. The third kappa shape index (κ3) is 5.90. The average molecular weight is 486 g/mol. The van der Waals surface area contributed by atoms with Gasteiger partial charge in [0.1, 0.15) is 11.4 Å². The predicted octanol–water partition coefficient (Wildman–Crippen LogP) is 6.06. The molecule has 1 aromatic heterocycles. The molecule has 2 amide bonds. The van der Waals surface area contributed by atoms with Gasteiger partial charge in [-0.1, -0.05) is 25.3 Å². The molecular formula is C26H35N3O4S. The topological polar surface area (TPSA) is 80.8 Å². The molecule has 7 nitrogen and oxygen atoms in total. The molecule has 4 rings (SSSR count). The number of nitrogens with one attached hydrogen (secondary N) is 1. The first kappa shape index (κ1) is 24.5. The summed E-state index contributed by atoms with van der Waals surface area (Å²) < 4.78 is 11.0. The van der Waals surface area contributed by atoms with E-state index in [4.69, 9.17) is 14.5 Å². The van der Waals surface area contributed by atoms with Crippen molar-refractivity contribution in [2.24, 2.45) is 5.92 Å². The maximum absolute atomic E-state index is 12.8. The fourth-order valence-electron chi connectivity index (χ4n) is 4.74. The predicted molar refractivity (Wildman–Crippen MR) is 134 cm³/mol. The Morgan fingerprint density at radius 2 is 1.91 bits per heavy atom. The molecule has 1 atom stereocenters. The summed E-state index contributed by atoms with van der Waals surface area (Å²) in [7, 11) is 1.67. The van der Waals surface area contributed by atoms with Crippen LogP contribution in [0, 0.1) is 5.92 Å². The number of amides is 2. The number of anilines is 1. The van der Waals surface area contributed by atoms with Crippen LogP contribution in [0.1, 0.15) is 70.8 Å². The summed E-state index contributed by atoms with van der Waals surface area (Å²) in [5, 5.41) is 5.46. The van der Waals surface area contributed by atoms with Gasteiger partial charge in [-0.05, 0) is 63.6 Å². The van der Waals surface area contributed by atoms with Crippen LogP contribution in [-0.2, 0) is 9.53 Å². The van der Waals surface area contributed by atoms with E-state index in [1.54, 1.807) is 12.0 Å². The molecule has 8 heteroatoms. The fraction of sp³-hybridized carbons (Fsp3) is 0.577. The third-order valence-corrected chi connectivity index (χ3v) is 7.28. The average Bonchev–Trinajstić information content (AvgIpc) is 3.48. The van der Waals surface area contributed by atoms with Crippen molar-refractivity contribution in [2.45, 2.75) is 70.8 Å². The molecule has 1 saturated heterocycles. The first-order chi connectivity index (χ1) is 16.2. The molecule has 2 aromatic rings. The Balaban J connectivity index is 1.42. The van der Waals surface area contributed by atoms with Crippen molar-refractivity contribution in [3.05, 3.63) is 29.1 Å². The van der Waals surface area contributed by atoms with Gasteiger partial charge in [0.25, 0.3) is 0 Å². The fourth-order valence-corrected chi connectivity index (χ4v) is 5.46. The maximum atomic E-state index is 12.8. The second-order valence-corrected chi connectivity index (χ2v) is 11.1. The summed E-state index contributed by atoms with van der Waals surface area (Å²) in [5.41, 5.74) is 2.54. The molecule has 1 aromatic carbocycles. The van der Waals surface area contributed by atoms with Gasteiger partial charge in [0.15, 0.2) is 5.13 Å². The number of carbonyl (C=O) groups excluding carboxylic acids is 2. The molecule has 1 aliphatic carbocycles. The lowest BCUT2D eigenvalue weighted by Gasteiger charge is -2.24. The molecule has 0 bridgehead atoms. The summed E-state index contributed by atoms with van der Waals surface area (Å²) >= 11 is 1.40. The minimum atomic E-state index is -0.552. The minimum Gasteiger partial charge on any atom is -0.496 e.